The maximum atomic E-state index is 2.50. The molecule has 1 heterocycles. The molecule has 0 unspecified atom stereocenters. The summed E-state index contributed by atoms with van der Waals surface area (Å²) in [6, 6.07) is 0. The lowest BCUT2D eigenvalue weighted by Crippen LogP contribution is -2.51. The van der Waals surface area contributed by atoms with Crippen LogP contribution >= 0.6 is 0 Å². The van der Waals surface area contributed by atoms with Gasteiger partial charge in [-0.15, -0.1) is 0 Å². The summed E-state index contributed by atoms with van der Waals surface area (Å²) in [4.78, 5) is 0. The molecule has 0 spiro atoms. The van der Waals surface area contributed by atoms with E-state index in [4.69, 9.17) is 0 Å². The minimum absolute atomic E-state index is 1.24. The van der Waals surface area contributed by atoms with Gasteiger partial charge < -0.3 is 0 Å². The van der Waals surface area contributed by atoms with E-state index in [0.717, 1.165) is 0 Å². The van der Waals surface area contributed by atoms with Gasteiger partial charge in [0.1, 0.15) is 0 Å². The number of hydrogen-bond donors (Lipinski definition) is 0. The fraction of sp³-hybridized carbons (Fsp3) is 1.00. The summed E-state index contributed by atoms with van der Waals surface area (Å²) >= 11 is 0. The Morgan fingerprint density at radius 1 is 1.09 bits per heavy atom. The second-order valence-corrected chi connectivity index (χ2v) is 3.26. The molecular formula is C9H20N2. The van der Waals surface area contributed by atoms with Crippen LogP contribution in [0.5, 0.6) is 0 Å². The Balaban J connectivity index is 2.19. The highest BCUT2D eigenvalue weighted by atomic mass is 15.6. The summed E-state index contributed by atoms with van der Waals surface area (Å²) in [7, 11) is 0. The lowest BCUT2D eigenvalue weighted by Gasteiger charge is -2.40. The third kappa shape index (κ3) is 2.46. The fourth-order valence-electron chi connectivity index (χ4n) is 1.49. The Morgan fingerprint density at radius 3 is 1.91 bits per heavy atom. The van der Waals surface area contributed by atoms with E-state index in [0.29, 0.717) is 0 Å². The standard InChI is InChI=1S/C9H20N2/c1-3-6-10(7-4-2)11-8-5-9-11/h3-9H2,1-2H3. The molecule has 0 bridgehead atoms. The van der Waals surface area contributed by atoms with Gasteiger partial charge in [-0.1, -0.05) is 13.8 Å². The van der Waals surface area contributed by atoms with Crippen molar-refractivity contribution in [3.05, 3.63) is 0 Å². The van der Waals surface area contributed by atoms with E-state index >= 15 is 0 Å². The number of hydrazine groups is 1. The molecule has 0 atom stereocenters. The highest BCUT2D eigenvalue weighted by Gasteiger charge is 2.19. The van der Waals surface area contributed by atoms with Crippen LogP contribution in [0.15, 0.2) is 0 Å². The van der Waals surface area contributed by atoms with Gasteiger partial charge in [0.2, 0.25) is 0 Å². The van der Waals surface area contributed by atoms with Crippen LogP contribution in [0, 0.1) is 0 Å². The summed E-state index contributed by atoms with van der Waals surface area (Å²) < 4.78 is 0. The Kier molecular flexibility index (Phi) is 3.87. The van der Waals surface area contributed by atoms with Gasteiger partial charge in [0.25, 0.3) is 0 Å². The molecule has 0 radical (unpaired) electrons. The molecule has 0 aromatic carbocycles. The Bertz CT molecular complexity index is 93.7. The van der Waals surface area contributed by atoms with Gasteiger partial charge in [0, 0.05) is 26.2 Å². The monoisotopic (exact) mass is 156 g/mol. The Hall–Kier alpha value is -0.0800. The molecule has 1 aliphatic heterocycles. The van der Waals surface area contributed by atoms with Crippen molar-refractivity contribution in [2.75, 3.05) is 26.2 Å². The topological polar surface area (TPSA) is 6.48 Å². The van der Waals surface area contributed by atoms with Gasteiger partial charge in [0.05, 0.1) is 0 Å². The van der Waals surface area contributed by atoms with Crippen molar-refractivity contribution in [3.63, 3.8) is 0 Å². The molecule has 1 aliphatic rings. The second-order valence-electron chi connectivity index (χ2n) is 3.26. The number of nitrogens with zero attached hydrogens (tertiary/aromatic N) is 2. The number of rotatable bonds is 5. The second kappa shape index (κ2) is 4.73. The molecule has 2 heteroatoms. The van der Waals surface area contributed by atoms with Crippen molar-refractivity contribution in [1.29, 1.82) is 0 Å². The predicted octanol–water partition coefficient (Wildman–Crippen LogP) is 1.73. The van der Waals surface area contributed by atoms with E-state index in [1.54, 1.807) is 0 Å². The molecule has 1 fully saturated rings. The molecule has 0 aliphatic carbocycles. The van der Waals surface area contributed by atoms with E-state index in [1.165, 1.54) is 45.4 Å². The third-order valence-electron chi connectivity index (χ3n) is 2.20. The van der Waals surface area contributed by atoms with Crippen molar-refractivity contribution in [2.24, 2.45) is 0 Å². The first-order valence-corrected chi connectivity index (χ1v) is 4.88. The SMILES string of the molecule is CCCN(CCC)N1CCC1. The first kappa shape index (κ1) is 9.01. The van der Waals surface area contributed by atoms with Crippen molar-refractivity contribution in [2.45, 2.75) is 33.1 Å². The fourth-order valence-corrected chi connectivity index (χ4v) is 1.49. The summed E-state index contributed by atoms with van der Waals surface area (Å²) in [5, 5.41) is 4.98. The summed E-state index contributed by atoms with van der Waals surface area (Å²) in [5.41, 5.74) is 0. The summed E-state index contributed by atoms with van der Waals surface area (Å²) in [5.74, 6) is 0. The van der Waals surface area contributed by atoms with Gasteiger partial charge in [-0.25, -0.2) is 10.0 Å². The molecule has 0 saturated carbocycles. The zero-order valence-electron chi connectivity index (χ0n) is 7.84. The normalized spacial score (nSPS) is 18.8. The van der Waals surface area contributed by atoms with Gasteiger partial charge >= 0.3 is 0 Å². The van der Waals surface area contributed by atoms with Crippen LogP contribution in [-0.4, -0.2) is 36.2 Å². The zero-order valence-corrected chi connectivity index (χ0v) is 7.84. The molecule has 1 rings (SSSR count). The average molecular weight is 156 g/mol. The lowest BCUT2D eigenvalue weighted by atomic mass is 10.2. The average Bonchev–Trinajstić information content (AvgIpc) is 1.85. The van der Waals surface area contributed by atoms with Crippen molar-refractivity contribution in [1.82, 2.24) is 10.0 Å². The predicted molar refractivity (Wildman–Crippen MR) is 48.3 cm³/mol. The molecule has 0 aromatic rings. The summed E-state index contributed by atoms with van der Waals surface area (Å²) in [6.07, 6.45) is 3.94. The van der Waals surface area contributed by atoms with Crippen LogP contribution in [0.3, 0.4) is 0 Å². The Labute approximate surface area is 70.1 Å². The number of hydrogen-bond acceptors (Lipinski definition) is 2. The molecule has 0 amide bonds. The van der Waals surface area contributed by atoms with E-state index in [9.17, 15) is 0 Å². The van der Waals surface area contributed by atoms with Crippen molar-refractivity contribution >= 4 is 0 Å². The molecule has 1 saturated heterocycles. The molecule has 0 aromatic heterocycles. The van der Waals surface area contributed by atoms with Gasteiger partial charge in [0.15, 0.2) is 0 Å². The maximum Gasteiger partial charge on any atom is 0.0146 e. The quantitative estimate of drug-likeness (QED) is 0.598. The minimum atomic E-state index is 1.24. The smallest absolute Gasteiger partial charge is 0.0146 e. The van der Waals surface area contributed by atoms with Crippen LogP contribution in [0.25, 0.3) is 0 Å². The van der Waals surface area contributed by atoms with Crippen LogP contribution in [0.2, 0.25) is 0 Å². The largest absolute Gasteiger partial charge is 0.242 e. The van der Waals surface area contributed by atoms with Crippen molar-refractivity contribution in [3.8, 4) is 0 Å². The molecule has 11 heavy (non-hydrogen) atoms. The molecule has 0 N–H and O–H groups in total. The Morgan fingerprint density at radius 2 is 1.64 bits per heavy atom. The van der Waals surface area contributed by atoms with Crippen LogP contribution in [-0.2, 0) is 0 Å². The first-order chi connectivity index (χ1) is 5.38. The van der Waals surface area contributed by atoms with E-state index in [1.807, 2.05) is 0 Å². The molecule has 66 valence electrons. The van der Waals surface area contributed by atoms with E-state index in [2.05, 4.69) is 23.9 Å². The third-order valence-corrected chi connectivity index (χ3v) is 2.20. The highest BCUT2D eigenvalue weighted by Crippen LogP contribution is 2.10. The van der Waals surface area contributed by atoms with E-state index < -0.39 is 0 Å². The first-order valence-electron chi connectivity index (χ1n) is 4.88. The maximum absolute atomic E-state index is 2.50. The van der Waals surface area contributed by atoms with Gasteiger partial charge in [-0.05, 0) is 19.3 Å². The highest BCUT2D eigenvalue weighted by molar-refractivity contribution is 4.66. The van der Waals surface area contributed by atoms with Crippen LogP contribution in [0.4, 0.5) is 0 Å². The minimum Gasteiger partial charge on any atom is -0.242 e. The van der Waals surface area contributed by atoms with Gasteiger partial charge in [-0.2, -0.15) is 0 Å². The zero-order chi connectivity index (χ0) is 8.10. The van der Waals surface area contributed by atoms with Crippen LogP contribution in [0.1, 0.15) is 33.1 Å². The molecular weight excluding hydrogens is 136 g/mol. The van der Waals surface area contributed by atoms with Crippen LogP contribution < -0.4 is 0 Å². The van der Waals surface area contributed by atoms with Gasteiger partial charge in [-0.3, -0.25) is 0 Å². The molecule has 2 nitrogen and oxygen atoms in total. The van der Waals surface area contributed by atoms with Crippen molar-refractivity contribution < 1.29 is 0 Å². The lowest BCUT2D eigenvalue weighted by molar-refractivity contribution is -0.0719. The van der Waals surface area contributed by atoms with E-state index in [-0.39, 0.29) is 0 Å². The summed E-state index contributed by atoms with van der Waals surface area (Å²) in [6.45, 7) is 9.58.